The van der Waals surface area contributed by atoms with Gasteiger partial charge in [-0.05, 0) is 48.9 Å². The number of hydrogen-bond acceptors (Lipinski definition) is 3. The smallest absolute Gasteiger partial charge is 0.265 e. The second kappa shape index (κ2) is 7.95. The molecule has 0 fully saturated rings. The van der Waals surface area contributed by atoms with Crippen LogP contribution < -0.4 is 9.62 Å². The molecule has 0 aliphatic carbocycles. The van der Waals surface area contributed by atoms with Gasteiger partial charge in [0.25, 0.3) is 10.0 Å². The number of aryl methyl sites for hydroxylation is 1. The molecule has 8 heteroatoms. The van der Waals surface area contributed by atoms with Gasteiger partial charge in [0.1, 0.15) is 6.04 Å². The SMILES string of the molecule is Cc1ccc(S(=O)(=O)N2c3ccccc3CC2C(=O)Nc2cc(Cl)cc(Cl)c2)cc1. The second-order valence-electron chi connectivity index (χ2n) is 7.11. The van der Waals surface area contributed by atoms with Crippen molar-refractivity contribution in [2.45, 2.75) is 24.3 Å². The number of amides is 1. The van der Waals surface area contributed by atoms with E-state index >= 15 is 0 Å². The minimum absolute atomic E-state index is 0.133. The summed E-state index contributed by atoms with van der Waals surface area (Å²) in [5.74, 6) is -0.458. The maximum Gasteiger partial charge on any atom is 0.265 e. The van der Waals surface area contributed by atoms with Crippen molar-refractivity contribution in [2.24, 2.45) is 0 Å². The van der Waals surface area contributed by atoms with E-state index in [4.69, 9.17) is 23.2 Å². The lowest BCUT2D eigenvalue weighted by Crippen LogP contribution is -2.45. The Morgan fingerprint density at radius 3 is 2.30 bits per heavy atom. The molecule has 154 valence electrons. The lowest BCUT2D eigenvalue weighted by Gasteiger charge is -2.26. The molecule has 4 rings (SSSR count). The molecule has 1 atom stereocenters. The molecule has 0 bridgehead atoms. The fraction of sp³-hybridized carbons (Fsp3) is 0.136. The van der Waals surface area contributed by atoms with Crippen LogP contribution in [0.15, 0.2) is 71.6 Å². The molecule has 3 aromatic carbocycles. The van der Waals surface area contributed by atoms with Crippen LogP contribution in [-0.2, 0) is 21.2 Å². The lowest BCUT2D eigenvalue weighted by molar-refractivity contribution is -0.117. The van der Waals surface area contributed by atoms with Gasteiger partial charge < -0.3 is 5.32 Å². The molecule has 0 spiro atoms. The van der Waals surface area contributed by atoms with Crippen molar-refractivity contribution < 1.29 is 13.2 Å². The van der Waals surface area contributed by atoms with E-state index in [0.29, 0.717) is 21.4 Å². The predicted molar refractivity (Wildman–Crippen MR) is 120 cm³/mol. The highest BCUT2D eigenvalue weighted by molar-refractivity contribution is 7.93. The molecule has 0 saturated carbocycles. The van der Waals surface area contributed by atoms with Crippen LogP contribution in [0.3, 0.4) is 0 Å². The third-order valence-corrected chi connectivity index (χ3v) is 7.21. The van der Waals surface area contributed by atoms with Crippen LogP contribution in [0.5, 0.6) is 0 Å². The maximum absolute atomic E-state index is 13.5. The summed E-state index contributed by atoms with van der Waals surface area (Å²) in [6, 6.07) is 17.4. The standard InChI is InChI=1S/C22H18Cl2N2O3S/c1-14-6-8-19(9-7-14)30(28,29)26-20-5-3-2-4-15(20)10-21(26)22(27)25-18-12-16(23)11-17(24)13-18/h2-9,11-13,21H,10H2,1H3,(H,25,27). The number of fused-ring (bicyclic) bond motifs is 1. The fourth-order valence-corrected chi connectivity index (χ4v) is 5.70. The number of nitrogens with zero attached hydrogens (tertiary/aromatic N) is 1. The van der Waals surface area contributed by atoms with Gasteiger partial charge in [-0.25, -0.2) is 8.42 Å². The molecular formula is C22H18Cl2N2O3S. The van der Waals surface area contributed by atoms with Gasteiger partial charge >= 0.3 is 0 Å². The summed E-state index contributed by atoms with van der Waals surface area (Å²) < 4.78 is 28.2. The Bertz CT molecular complexity index is 1210. The van der Waals surface area contributed by atoms with Crippen molar-refractivity contribution in [3.8, 4) is 0 Å². The monoisotopic (exact) mass is 460 g/mol. The molecule has 5 nitrogen and oxygen atoms in total. The Labute approximate surface area is 185 Å². The van der Waals surface area contributed by atoms with E-state index in [1.165, 1.54) is 4.31 Å². The molecule has 30 heavy (non-hydrogen) atoms. The summed E-state index contributed by atoms with van der Waals surface area (Å²) in [5, 5.41) is 3.49. The van der Waals surface area contributed by atoms with E-state index in [0.717, 1.165) is 11.1 Å². The molecule has 1 aliphatic heterocycles. The van der Waals surface area contributed by atoms with Crippen molar-refractivity contribution in [3.05, 3.63) is 87.9 Å². The third kappa shape index (κ3) is 3.90. The quantitative estimate of drug-likeness (QED) is 0.591. The molecule has 1 unspecified atom stereocenters. The Morgan fingerprint density at radius 2 is 1.63 bits per heavy atom. The molecular weight excluding hydrogens is 443 g/mol. The minimum Gasteiger partial charge on any atom is -0.324 e. The van der Waals surface area contributed by atoms with Gasteiger partial charge in [-0.1, -0.05) is 59.1 Å². The average molecular weight is 461 g/mol. The number of carbonyl (C=O) groups excluding carboxylic acids is 1. The van der Waals surface area contributed by atoms with Crippen LogP contribution in [0.4, 0.5) is 11.4 Å². The van der Waals surface area contributed by atoms with Crippen molar-refractivity contribution in [1.82, 2.24) is 0 Å². The van der Waals surface area contributed by atoms with Crippen LogP contribution in [0.1, 0.15) is 11.1 Å². The van der Waals surface area contributed by atoms with E-state index in [1.807, 2.05) is 19.1 Å². The lowest BCUT2D eigenvalue weighted by atomic mass is 10.1. The van der Waals surface area contributed by atoms with Gasteiger partial charge in [-0.15, -0.1) is 0 Å². The maximum atomic E-state index is 13.5. The molecule has 1 N–H and O–H groups in total. The Kier molecular flexibility index (Phi) is 5.49. The van der Waals surface area contributed by atoms with Crippen LogP contribution in [0.2, 0.25) is 10.0 Å². The van der Waals surface area contributed by atoms with E-state index in [2.05, 4.69) is 5.32 Å². The topological polar surface area (TPSA) is 66.5 Å². The zero-order valence-corrected chi connectivity index (χ0v) is 18.3. The number of para-hydroxylation sites is 1. The molecule has 0 aromatic heterocycles. The zero-order chi connectivity index (χ0) is 21.5. The van der Waals surface area contributed by atoms with Gasteiger partial charge in [0.2, 0.25) is 5.91 Å². The number of benzene rings is 3. The van der Waals surface area contributed by atoms with E-state index in [9.17, 15) is 13.2 Å². The highest BCUT2D eigenvalue weighted by Crippen LogP contribution is 2.37. The number of halogens is 2. The first-order valence-electron chi connectivity index (χ1n) is 9.22. The van der Waals surface area contributed by atoms with E-state index in [1.54, 1.807) is 54.6 Å². The molecule has 0 saturated heterocycles. The summed E-state index contributed by atoms with van der Waals surface area (Å²) in [5.41, 5.74) is 2.64. The summed E-state index contributed by atoms with van der Waals surface area (Å²) in [6.45, 7) is 1.88. The van der Waals surface area contributed by atoms with Crippen LogP contribution in [0.25, 0.3) is 0 Å². The second-order valence-corrected chi connectivity index (χ2v) is 9.80. The average Bonchev–Trinajstić information content (AvgIpc) is 3.08. The fourth-order valence-electron chi connectivity index (χ4n) is 3.53. The molecule has 1 amide bonds. The summed E-state index contributed by atoms with van der Waals surface area (Å²) in [6.07, 6.45) is 0.265. The van der Waals surface area contributed by atoms with Gasteiger partial charge in [0.15, 0.2) is 0 Å². The molecule has 0 radical (unpaired) electrons. The third-order valence-electron chi connectivity index (χ3n) is 4.94. The molecule has 3 aromatic rings. The highest BCUT2D eigenvalue weighted by atomic mass is 35.5. The van der Waals surface area contributed by atoms with E-state index < -0.39 is 22.0 Å². The zero-order valence-electron chi connectivity index (χ0n) is 16.0. The summed E-state index contributed by atoms with van der Waals surface area (Å²) >= 11 is 12.0. The van der Waals surface area contributed by atoms with Crippen molar-refractivity contribution in [2.75, 3.05) is 9.62 Å². The number of sulfonamides is 1. The van der Waals surface area contributed by atoms with Crippen LogP contribution in [0, 0.1) is 6.92 Å². The summed E-state index contributed by atoms with van der Waals surface area (Å²) in [7, 11) is -3.95. The van der Waals surface area contributed by atoms with E-state index in [-0.39, 0.29) is 11.3 Å². The van der Waals surface area contributed by atoms with Gasteiger partial charge in [0.05, 0.1) is 10.6 Å². The number of anilines is 2. The first-order chi connectivity index (χ1) is 14.3. The van der Waals surface area contributed by atoms with Crippen LogP contribution >= 0.6 is 23.2 Å². The van der Waals surface area contributed by atoms with Gasteiger partial charge in [-0.2, -0.15) is 0 Å². The Morgan fingerprint density at radius 1 is 1.00 bits per heavy atom. The van der Waals surface area contributed by atoms with Crippen LogP contribution in [-0.4, -0.2) is 20.4 Å². The Balaban J connectivity index is 1.73. The van der Waals surface area contributed by atoms with Gasteiger partial charge in [-0.3, -0.25) is 9.10 Å². The van der Waals surface area contributed by atoms with Crippen molar-refractivity contribution >= 4 is 50.5 Å². The van der Waals surface area contributed by atoms with Crippen molar-refractivity contribution in [3.63, 3.8) is 0 Å². The first-order valence-corrected chi connectivity index (χ1v) is 11.4. The number of nitrogens with one attached hydrogen (secondary N) is 1. The van der Waals surface area contributed by atoms with Gasteiger partial charge in [0, 0.05) is 22.2 Å². The molecule has 1 heterocycles. The molecule has 1 aliphatic rings. The minimum atomic E-state index is -3.95. The largest absolute Gasteiger partial charge is 0.324 e. The number of hydrogen-bond donors (Lipinski definition) is 1. The first kappa shape index (κ1) is 20.7. The van der Waals surface area contributed by atoms with Crippen molar-refractivity contribution in [1.29, 1.82) is 0 Å². The summed E-state index contributed by atoms with van der Waals surface area (Å²) in [4.78, 5) is 13.3. The number of rotatable bonds is 4. The predicted octanol–water partition coefficient (Wildman–Crippen LogP) is 5.06. The normalized spacial score (nSPS) is 15.7. The number of carbonyl (C=O) groups is 1. The Hall–Kier alpha value is -2.54. The highest BCUT2D eigenvalue weighted by Gasteiger charge is 2.42.